The second-order valence-electron chi connectivity index (χ2n) is 5.09. The molecule has 0 aliphatic heterocycles. The molecule has 0 amide bonds. The van der Waals surface area contributed by atoms with E-state index >= 15 is 0 Å². The largest absolute Gasteiger partial charge is 0.327 e. The number of carbonyl (C=O) groups excluding carboxylic acids is 1. The van der Waals surface area contributed by atoms with E-state index in [-0.39, 0.29) is 11.5 Å². The molecule has 0 heterocycles. The van der Waals surface area contributed by atoms with E-state index in [1.807, 2.05) is 19.1 Å². The number of hydrogen-bond acceptors (Lipinski definition) is 2. The van der Waals surface area contributed by atoms with E-state index in [1.165, 1.54) is 11.1 Å². The molecule has 0 spiro atoms. The van der Waals surface area contributed by atoms with Gasteiger partial charge in [0.2, 0.25) is 0 Å². The summed E-state index contributed by atoms with van der Waals surface area (Å²) in [6, 6.07) is 8.25. The Bertz CT molecular complexity index is 413. The summed E-state index contributed by atoms with van der Waals surface area (Å²) in [5.41, 5.74) is 8.22. The molecule has 1 saturated carbocycles. The van der Waals surface area contributed by atoms with Gasteiger partial charge < -0.3 is 5.73 Å². The maximum Gasteiger partial charge on any atom is 0.140 e. The van der Waals surface area contributed by atoms with E-state index in [0.717, 1.165) is 12.8 Å². The average Bonchev–Trinajstić information content (AvgIpc) is 2.50. The first-order chi connectivity index (χ1) is 7.54. The number of hydrogen-bond donors (Lipinski definition) is 1. The van der Waals surface area contributed by atoms with Crippen molar-refractivity contribution in [2.75, 3.05) is 0 Å². The van der Waals surface area contributed by atoms with Gasteiger partial charge in [0.1, 0.15) is 5.78 Å². The number of rotatable bonds is 2. The Morgan fingerprint density at radius 1 is 1.44 bits per heavy atom. The quantitative estimate of drug-likeness (QED) is 0.825. The minimum absolute atomic E-state index is 0.0135. The molecule has 2 heteroatoms. The molecule has 1 fully saturated rings. The van der Waals surface area contributed by atoms with E-state index in [1.54, 1.807) is 0 Å². The Labute approximate surface area is 96.8 Å². The predicted octanol–water partition coefficient (Wildman–Crippen LogP) is 2.23. The van der Waals surface area contributed by atoms with Gasteiger partial charge in [0, 0.05) is 17.9 Å². The molecule has 1 aliphatic rings. The fraction of sp³-hybridized carbons (Fsp3) is 0.500. The lowest BCUT2D eigenvalue weighted by molar-refractivity contribution is -0.125. The summed E-state index contributed by atoms with van der Waals surface area (Å²) >= 11 is 0. The molecule has 2 rings (SSSR count). The lowest BCUT2D eigenvalue weighted by Gasteiger charge is -2.28. The first kappa shape index (κ1) is 11.3. The van der Waals surface area contributed by atoms with E-state index in [4.69, 9.17) is 5.73 Å². The van der Waals surface area contributed by atoms with Gasteiger partial charge in [-0.2, -0.15) is 0 Å². The Morgan fingerprint density at radius 3 is 2.69 bits per heavy atom. The number of ketones is 1. The highest BCUT2D eigenvalue weighted by molar-refractivity contribution is 5.88. The van der Waals surface area contributed by atoms with Crippen molar-refractivity contribution in [3.05, 3.63) is 35.4 Å². The lowest BCUT2D eigenvalue weighted by atomic mass is 9.77. The van der Waals surface area contributed by atoms with Crippen LogP contribution in [0.3, 0.4) is 0 Å². The van der Waals surface area contributed by atoms with Crippen LogP contribution in [0.25, 0.3) is 0 Å². The van der Waals surface area contributed by atoms with Crippen molar-refractivity contribution in [1.82, 2.24) is 0 Å². The molecule has 2 nitrogen and oxygen atoms in total. The molecule has 86 valence electrons. The van der Waals surface area contributed by atoms with Gasteiger partial charge in [-0.15, -0.1) is 0 Å². The molecule has 0 aromatic heterocycles. The Balaban J connectivity index is 2.27. The average molecular weight is 217 g/mol. The zero-order valence-electron chi connectivity index (χ0n) is 9.99. The lowest BCUT2D eigenvalue weighted by Crippen LogP contribution is -2.40. The molecule has 2 N–H and O–H groups in total. The van der Waals surface area contributed by atoms with Crippen LogP contribution in [0.5, 0.6) is 0 Å². The van der Waals surface area contributed by atoms with Crippen LogP contribution >= 0.6 is 0 Å². The highest BCUT2D eigenvalue weighted by Gasteiger charge is 2.43. The first-order valence-corrected chi connectivity index (χ1v) is 5.87. The monoisotopic (exact) mass is 217 g/mol. The third-order valence-corrected chi connectivity index (χ3v) is 3.96. The molecule has 1 aromatic carbocycles. The summed E-state index contributed by atoms with van der Waals surface area (Å²) in [6.07, 6.45) is 2.25. The van der Waals surface area contributed by atoms with Crippen LogP contribution in [0.1, 0.15) is 30.9 Å². The van der Waals surface area contributed by atoms with Crippen LogP contribution < -0.4 is 5.73 Å². The maximum absolute atomic E-state index is 11.9. The highest BCUT2D eigenvalue weighted by atomic mass is 16.1. The van der Waals surface area contributed by atoms with Crippen LogP contribution in [0.2, 0.25) is 0 Å². The molecule has 0 saturated heterocycles. The molecule has 0 radical (unpaired) electrons. The Morgan fingerprint density at radius 2 is 2.12 bits per heavy atom. The Hall–Kier alpha value is -1.15. The van der Waals surface area contributed by atoms with Crippen LogP contribution in [-0.4, -0.2) is 11.8 Å². The van der Waals surface area contributed by atoms with E-state index in [2.05, 4.69) is 19.1 Å². The smallest absolute Gasteiger partial charge is 0.140 e. The third kappa shape index (κ3) is 1.78. The van der Waals surface area contributed by atoms with Crippen molar-refractivity contribution in [2.24, 2.45) is 11.1 Å². The van der Waals surface area contributed by atoms with Gasteiger partial charge in [-0.25, -0.2) is 0 Å². The third-order valence-electron chi connectivity index (χ3n) is 3.96. The SMILES string of the molecule is Cc1ccccc1C[C@@]1(C)C(=O)CC[C@H]1N. The summed E-state index contributed by atoms with van der Waals surface area (Å²) in [6.45, 7) is 4.10. The number of benzene rings is 1. The first-order valence-electron chi connectivity index (χ1n) is 5.87. The maximum atomic E-state index is 11.9. The van der Waals surface area contributed by atoms with Crippen LogP contribution in [-0.2, 0) is 11.2 Å². The molecular formula is C14H19NO. The van der Waals surface area contributed by atoms with Gasteiger partial charge >= 0.3 is 0 Å². The van der Waals surface area contributed by atoms with Gasteiger partial charge in [-0.3, -0.25) is 4.79 Å². The summed E-state index contributed by atoms with van der Waals surface area (Å²) in [5.74, 6) is 0.322. The van der Waals surface area contributed by atoms with E-state index in [0.29, 0.717) is 12.2 Å². The van der Waals surface area contributed by atoms with Crippen LogP contribution in [0.4, 0.5) is 0 Å². The van der Waals surface area contributed by atoms with Gasteiger partial charge in [0.15, 0.2) is 0 Å². The summed E-state index contributed by atoms with van der Waals surface area (Å²) in [4.78, 5) is 11.9. The minimum Gasteiger partial charge on any atom is -0.327 e. The molecule has 1 aromatic rings. The Kier molecular flexibility index (Phi) is 2.85. The van der Waals surface area contributed by atoms with Crippen molar-refractivity contribution in [3.8, 4) is 0 Å². The van der Waals surface area contributed by atoms with Crippen molar-refractivity contribution < 1.29 is 4.79 Å². The van der Waals surface area contributed by atoms with E-state index < -0.39 is 0 Å². The van der Waals surface area contributed by atoms with Gasteiger partial charge in [0.25, 0.3) is 0 Å². The van der Waals surface area contributed by atoms with Crippen molar-refractivity contribution in [3.63, 3.8) is 0 Å². The fourth-order valence-corrected chi connectivity index (χ4v) is 2.53. The second-order valence-corrected chi connectivity index (χ2v) is 5.09. The molecule has 1 aliphatic carbocycles. The zero-order chi connectivity index (χ0) is 11.8. The number of carbonyl (C=O) groups is 1. The molecule has 16 heavy (non-hydrogen) atoms. The molecular weight excluding hydrogens is 198 g/mol. The summed E-state index contributed by atoms with van der Waals surface area (Å²) < 4.78 is 0. The number of aryl methyl sites for hydroxylation is 1. The van der Waals surface area contributed by atoms with Crippen molar-refractivity contribution in [2.45, 2.75) is 39.2 Å². The molecule has 2 atom stereocenters. The van der Waals surface area contributed by atoms with Gasteiger partial charge in [-0.1, -0.05) is 31.2 Å². The van der Waals surface area contributed by atoms with Crippen molar-refractivity contribution >= 4 is 5.78 Å². The normalized spacial score (nSPS) is 29.7. The zero-order valence-corrected chi connectivity index (χ0v) is 9.99. The fourth-order valence-electron chi connectivity index (χ4n) is 2.53. The molecule has 0 bridgehead atoms. The van der Waals surface area contributed by atoms with Crippen molar-refractivity contribution in [1.29, 1.82) is 0 Å². The molecule has 0 unspecified atom stereocenters. The number of Topliss-reactive ketones (excluding diaryl/α,β-unsaturated/α-hetero) is 1. The topological polar surface area (TPSA) is 43.1 Å². The summed E-state index contributed by atoms with van der Waals surface area (Å²) in [7, 11) is 0. The minimum atomic E-state index is -0.355. The van der Waals surface area contributed by atoms with Gasteiger partial charge in [0.05, 0.1) is 0 Å². The van der Waals surface area contributed by atoms with E-state index in [9.17, 15) is 4.79 Å². The van der Waals surface area contributed by atoms with Gasteiger partial charge in [-0.05, 0) is 30.9 Å². The standard InChI is InChI=1S/C14H19NO/c1-10-5-3-4-6-11(10)9-14(2)12(15)7-8-13(14)16/h3-6,12H,7-9,15H2,1-2H3/t12-,14-/m1/s1. The summed E-state index contributed by atoms with van der Waals surface area (Å²) in [5, 5.41) is 0. The van der Waals surface area contributed by atoms with Crippen LogP contribution in [0.15, 0.2) is 24.3 Å². The predicted molar refractivity (Wildman–Crippen MR) is 65.2 cm³/mol. The van der Waals surface area contributed by atoms with Crippen LogP contribution in [0, 0.1) is 12.3 Å². The second kappa shape index (κ2) is 4.02. The highest BCUT2D eigenvalue weighted by Crippen LogP contribution is 2.37. The number of nitrogens with two attached hydrogens (primary N) is 1.